The Bertz CT molecular complexity index is 482. The zero-order valence-electron chi connectivity index (χ0n) is 12.6. The average Bonchev–Trinajstić information content (AvgIpc) is 2.54. The lowest BCUT2D eigenvalue weighted by molar-refractivity contribution is -0.123. The molecular formula is C16H22N2O3. The van der Waals surface area contributed by atoms with Gasteiger partial charge in [-0.05, 0) is 31.9 Å². The van der Waals surface area contributed by atoms with Gasteiger partial charge in [-0.3, -0.25) is 4.79 Å². The van der Waals surface area contributed by atoms with Crippen molar-refractivity contribution >= 4 is 17.7 Å². The molecule has 0 bridgehead atoms. The molecule has 0 spiro atoms. The Morgan fingerprint density at radius 1 is 1.24 bits per heavy atom. The van der Waals surface area contributed by atoms with E-state index in [0.29, 0.717) is 32.5 Å². The zero-order chi connectivity index (χ0) is 15.2. The molecule has 0 radical (unpaired) electrons. The first kappa shape index (κ1) is 15.4. The number of anilines is 1. The summed E-state index contributed by atoms with van der Waals surface area (Å²) in [6.07, 6.45) is 1.10. The Balaban J connectivity index is 1.90. The van der Waals surface area contributed by atoms with E-state index in [-0.39, 0.29) is 17.9 Å². The van der Waals surface area contributed by atoms with Crippen LogP contribution in [0.3, 0.4) is 0 Å². The number of hydrogen-bond acceptors (Lipinski definition) is 3. The Morgan fingerprint density at radius 2 is 1.86 bits per heavy atom. The van der Waals surface area contributed by atoms with Gasteiger partial charge in [-0.1, -0.05) is 18.2 Å². The Morgan fingerprint density at radius 3 is 2.43 bits per heavy atom. The van der Waals surface area contributed by atoms with Crippen molar-refractivity contribution in [1.82, 2.24) is 4.90 Å². The van der Waals surface area contributed by atoms with E-state index in [1.54, 1.807) is 23.8 Å². The number of hydrogen-bond donors (Lipinski definition) is 0. The van der Waals surface area contributed by atoms with Gasteiger partial charge in [0, 0.05) is 31.7 Å². The van der Waals surface area contributed by atoms with Crippen molar-refractivity contribution in [2.75, 3.05) is 31.6 Å². The van der Waals surface area contributed by atoms with Crippen molar-refractivity contribution in [2.45, 2.75) is 19.8 Å². The minimum atomic E-state index is -0.278. The molecule has 1 aromatic rings. The number of benzene rings is 1. The summed E-state index contributed by atoms with van der Waals surface area (Å²) in [6, 6.07) is 9.61. The van der Waals surface area contributed by atoms with Crippen molar-refractivity contribution < 1.29 is 14.3 Å². The third-order valence-corrected chi connectivity index (χ3v) is 3.84. The van der Waals surface area contributed by atoms with Crippen LogP contribution in [-0.4, -0.2) is 43.6 Å². The summed E-state index contributed by atoms with van der Waals surface area (Å²) in [4.78, 5) is 27.5. The molecule has 5 nitrogen and oxygen atoms in total. The molecule has 1 aliphatic heterocycles. The van der Waals surface area contributed by atoms with Crippen molar-refractivity contribution in [1.29, 1.82) is 0 Å². The number of likely N-dealkylation sites (tertiary alicyclic amines) is 1. The van der Waals surface area contributed by atoms with E-state index in [1.807, 2.05) is 30.3 Å². The molecule has 2 amide bonds. The summed E-state index contributed by atoms with van der Waals surface area (Å²) in [6.45, 7) is 3.34. The van der Waals surface area contributed by atoms with Crippen LogP contribution < -0.4 is 4.90 Å². The molecular weight excluding hydrogens is 268 g/mol. The first-order valence-electron chi connectivity index (χ1n) is 7.37. The first-order valence-corrected chi connectivity index (χ1v) is 7.37. The highest BCUT2D eigenvalue weighted by Crippen LogP contribution is 2.22. The highest BCUT2D eigenvalue weighted by Gasteiger charge is 2.29. The van der Waals surface area contributed by atoms with E-state index in [4.69, 9.17) is 4.74 Å². The lowest BCUT2D eigenvalue weighted by Crippen LogP contribution is -2.43. The molecule has 1 aliphatic rings. The molecule has 1 heterocycles. The Kier molecular flexibility index (Phi) is 5.20. The summed E-state index contributed by atoms with van der Waals surface area (Å²) < 4.78 is 4.99. The summed E-state index contributed by atoms with van der Waals surface area (Å²) in [5, 5.41) is 0. The standard InChI is InChI=1S/C16H22N2O3/c1-3-21-16(20)18-11-9-13(10-12-18)15(19)17(2)14-7-5-4-6-8-14/h4-8,13H,3,9-12H2,1-2H3. The number of piperidine rings is 1. The number of para-hydroxylation sites is 1. The molecule has 0 unspecified atom stereocenters. The van der Waals surface area contributed by atoms with Crippen LogP contribution in [0, 0.1) is 5.92 Å². The fourth-order valence-electron chi connectivity index (χ4n) is 2.58. The third kappa shape index (κ3) is 3.74. The van der Waals surface area contributed by atoms with Crippen LogP contribution in [-0.2, 0) is 9.53 Å². The largest absolute Gasteiger partial charge is 0.450 e. The maximum Gasteiger partial charge on any atom is 0.409 e. The number of nitrogens with zero attached hydrogens (tertiary/aromatic N) is 2. The van der Waals surface area contributed by atoms with Gasteiger partial charge >= 0.3 is 6.09 Å². The predicted octanol–water partition coefficient (Wildman–Crippen LogP) is 2.52. The van der Waals surface area contributed by atoms with E-state index in [2.05, 4.69) is 0 Å². The molecule has 1 fully saturated rings. The topological polar surface area (TPSA) is 49.9 Å². The normalized spacial score (nSPS) is 15.6. The van der Waals surface area contributed by atoms with Crippen molar-refractivity contribution in [3.05, 3.63) is 30.3 Å². The van der Waals surface area contributed by atoms with Gasteiger partial charge < -0.3 is 14.5 Å². The number of amides is 2. The molecule has 114 valence electrons. The SMILES string of the molecule is CCOC(=O)N1CCC(C(=O)N(C)c2ccccc2)CC1. The monoisotopic (exact) mass is 290 g/mol. The van der Waals surface area contributed by atoms with E-state index in [0.717, 1.165) is 5.69 Å². The molecule has 1 aromatic carbocycles. The quantitative estimate of drug-likeness (QED) is 0.859. The second-order valence-electron chi connectivity index (χ2n) is 5.19. The number of carbonyl (C=O) groups excluding carboxylic acids is 2. The summed E-state index contributed by atoms with van der Waals surface area (Å²) in [5.74, 6) is 0.0885. The highest BCUT2D eigenvalue weighted by atomic mass is 16.6. The predicted molar refractivity (Wildman–Crippen MR) is 81.2 cm³/mol. The zero-order valence-corrected chi connectivity index (χ0v) is 12.6. The highest BCUT2D eigenvalue weighted by molar-refractivity contribution is 5.94. The van der Waals surface area contributed by atoms with Gasteiger partial charge in [0.2, 0.25) is 5.91 Å². The minimum Gasteiger partial charge on any atom is -0.450 e. The number of rotatable bonds is 3. The molecule has 2 rings (SSSR count). The van der Waals surface area contributed by atoms with Gasteiger partial charge in [0.15, 0.2) is 0 Å². The lowest BCUT2D eigenvalue weighted by Gasteiger charge is -2.32. The number of carbonyl (C=O) groups is 2. The summed E-state index contributed by atoms with van der Waals surface area (Å²) in [7, 11) is 1.80. The van der Waals surface area contributed by atoms with Gasteiger partial charge in [0.05, 0.1) is 6.61 Å². The fourth-order valence-corrected chi connectivity index (χ4v) is 2.58. The van der Waals surface area contributed by atoms with Crippen molar-refractivity contribution in [3.63, 3.8) is 0 Å². The van der Waals surface area contributed by atoms with Crippen LogP contribution in [0.5, 0.6) is 0 Å². The van der Waals surface area contributed by atoms with E-state index >= 15 is 0 Å². The van der Waals surface area contributed by atoms with Crippen LogP contribution in [0.2, 0.25) is 0 Å². The van der Waals surface area contributed by atoms with E-state index in [1.165, 1.54) is 0 Å². The smallest absolute Gasteiger partial charge is 0.409 e. The minimum absolute atomic E-state index is 0.0270. The summed E-state index contributed by atoms with van der Waals surface area (Å²) in [5.41, 5.74) is 0.898. The van der Waals surface area contributed by atoms with Crippen LogP contribution in [0.4, 0.5) is 10.5 Å². The van der Waals surface area contributed by atoms with Crippen LogP contribution in [0.15, 0.2) is 30.3 Å². The second kappa shape index (κ2) is 7.11. The van der Waals surface area contributed by atoms with Crippen LogP contribution in [0.25, 0.3) is 0 Å². The van der Waals surface area contributed by atoms with Crippen molar-refractivity contribution in [2.24, 2.45) is 5.92 Å². The van der Waals surface area contributed by atoms with Gasteiger partial charge in [0.25, 0.3) is 0 Å². The fraction of sp³-hybridized carbons (Fsp3) is 0.500. The third-order valence-electron chi connectivity index (χ3n) is 3.84. The van der Waals surface area contributed by atoms with Crippen LogP contribution in [0.1, 0.15) is 19.8 Å². The molecule has 0 saturated carbocycles. The Labute approximate surface area is 125 Å². The molecule has 0 atom stereocenters. The number of ether oxygens (including phenoxy) is 1. The van der Waals surface area contributed by atoms with Gasteiger partial charge in [0.1, 0.15) is 0 Å². The average molecular weight is 290 g/mol. The molecule has 5 heteroatoms. The Hall–Kier alpha value is -2.04. The van der Waals surface area contributed by atoms with Crippen LogP contribution >= 0.6 is 0 Å². The second-order valence-corrected chi connectivity index (χ2v) is 5.19. The molecule has 0 N–H and O–H groups in total. The van der Waals surface area contributed by atoms with Gasteiger partial charge in [-0.15, -0.1) is 0 Å². The summed E-state index contributed by atoms with van der Waals surface area (Å²) >= 11 is 0. The van der Waals surface area contributed by atoms with E-state index < -0.39 is 0 Å². The maximum atomic E-state index is 12.5. The lowest BCUT2D eigenvalue weighted by atomic mass is 9.95. The van der Waals surface area contributed by atoms with Gasteiger partial charge in [-0.2, -0.15) is 0 Å². The first-order chi connectivity index (χ1) is 10.1. The van der Waals surface area contributed by atoms with Crippen molar-refractivity contribution in [3.8, 4) is 0 Å². The van der Waals surface area contributed by atoms with Gasteiger partial charge in [-0.25, -0.2) is 4.79 Å². The maximum absolute atomic E-state index is 12.5. The molecule has 0 aromatic heterocycles. The molecule has 21 heavy (non-hydrogen) atoms. The molecule has 0 aliphatic carbocycles. The molecule has 1 saturated heterocycles. The van der Waals surface area contributed by atoms with E-state index in [9.17, 15) is 9.59 Å².